The zero-order valence-electron chi connectivity index (χ0n) is 17.5. The topological polar surface area (TPSA) is 77.8 Å². The van der Waals surface area contributed by atoms with Gasteiger partial charge in [-0.05, 0) is 48.0 Å². The highest BCUT2D eigenvalue weighted by atomic mass is 32.1. The molecule has 0 fully saturated rings. The highest BCUT2D eigenvalue weighted by molar-refractivity contribution is 7.80. The third-order valence-electron chi connectivity index (χ3n) is 5.85. The van der Waals surface area contributed by atoms with Crippen LogP contribution in [0.25, 0.3) is 10.9 Å². The van der Waals surface area contributed by atoms with Crippen LogP contribution in [0.3, 0.4) is 0 Å². The highest BCUT2D eigenvalue weighted by Crippen LogP contribution is 2.32. The molecule has 1 aliphatic rings. The van der Waals surface area contributed by atoms with Crippen LogP contribution in [0.4, 0.5) is 0 Å². The third kappa shape index (κ3) is 3.92. The van der Waals surface area contributed by atoms with Crippen molar-refractivity contribution in [2.24, 2.45) is 0 Å². The van der Waals surface area contributed by atoms with Gasteiger partial charge in [-0.3, -0.25) is 19.7 Å². The van der Waals surface area contributed by atoms with Gasteiger partial charge in [0.25, 0.3) is 5.91 Å². The number of carbonyl (C=O) groups excluding carboxylic acids is 2. The molecule has 1 aliphatic heterocycles. The number of hydrogen-bond acceptors (Lipinski definition) is 4. The molecule has 31 heavy (non-hydrogen) atoms. The van der Waals surface area contributed by atoms with Crippen LogP contribution >= 0.6 is 12.2 Å². The normalized spacial score (nSPS) is 13.1. The van der Waals surface area contributed by atoms with E-state index in [-0.39, 0.29) is 5.91 Å². The van der Waals surface area contributed by atoms with Gasteiger partial charge < -0.3 is 9.47 Å². The van der Waals surface area contributed by atoms with E-state index in [9.17, 15) is 9.59 Å². The first-order chi connectivity index (χ1) is 14.9. The van der Waals surface area contributed by atoms with Crippen molar-refractivity contribution in [2.45, 2.75) is 26.4 Å². The molecule has 7 nitrogen and oxygen atoms in total. The number of benzene rings is 2. The molecule has 0 unspecified atom stereocenters. The molecule has 4 rings (SSSR count). The van der Waals surface area contributed by atoms with Gasteiger partial charge in [0.05, 0.1) is 6.54 Å². The van der Waals surface area contributed by atoms with Crippen molar-refractivity contribution in [3.63, 3.8) is 0 Å². The third-order valence-corrected chi connectivity index (χ3v) is 6.39. The van der Waals surface area contributed by atoms with Gasteiger partial charge in [-0.15, -0.1) is 0 Å². The van der Waals surface area contributed by atoms with Crippen molar-refractivity contribution in [2.75, 3.05) is 13.6 Å². The van der Waals surface area contributed by atoms with Crippen LogP contribution < -0.4 is 5.48 Å². The molecular weight excluding hydrogens is 412 g/mol. The Bertz CT molecular complexity index is 1170. The van der Waals surface area contributed by atoms with Crippen molar-refractivity contribution in [3.8, 4) is 0 Å². The number of nitrogens with one attached hydrogen (secondary N) is 1. The second-order valence-corrected chi connectivity index (χ2v) is 8.06. The first kappa shape index (κ1) is 21.0. The number of thiocarbonyl (C=S) groups is 1. The molecule has 0 radical (unpaired) electrons. The van der Waals surface area contributed by atoms with Crippen molar-refractivity contribution >= 4 is 40.0 Å². The lowest BCUT2D eigenvalue weighted by Gasteiger charge is -2.33. The van der Waals surface area contributed by atoms with Crippen LogP contribution in [0.15, 0.2) is 48.5 Å². The van der Waals surface area contributed by atoms with Crippen molar-refractivity contribution < 1.29 is 14.8 Å². The van der Waals surface area contributed by atoms with Gasteiger partial charge in [-0.1, -0.05) is 30.3 Å². The van der Waals surface area contributed by atoms with Gasteiger partial charge in [0.1, 0.15) is 0 Å². The molecule has 3 aromatic rings. The fourth-order valence-corrected chi connectivity index (χ4v) is 4.38. The van der Waals surface area contributed by atoms with Gasteiger partial charge in [-0.25, -0.2) is 5.48 Å². The molecule has 0 aliphatic carbocycles. The van der Waals surface area contributed by atoms with Gasteiger partial charge in [0, 0.05) is 49.2 Å². The maximum absolute atomic E-state index is 11.8. The second-order valence-electron chi connectivity index (χ2n) is 7.70. The maximum atomic E-state index is 11.8. The molecule has 0 saturated carbocycles. The van der Waals surface area contributed by atoms with E-state index in [1.807, 2.05) is 18.2 Å². The Kier molecular flexibility index (Phi) is 5.75. The van der Waals surface area contributed by atoms with Crippen LogP contribution in [0.2, 0.25) is 0 Å². The summed E-state index contributed by atoms with van der Waals surface area (Å²) >= 11 is 5.57. The number of para-hydroxylation sites is 1. The summed E-state index contributed by atoms with van der Waals surface area (Å²) in [7, 11) is 1.71. The summed E-state index contributed by atoms with van der Waals surface area (Å²) in [4.78, 5) is 27.0. The SMILES string of the molecule is CC(=O)N(C)C(=S)N1CCc2c(n(Cc3ccc(C(=O)NO)cc3)c3ccccc23)C1. The lowest BCUT2D eigenvalue weighted by Crippen LogP contribution is -2.45. The Morgan fingerprint density at radius 2 is 1.87 bits per heavy atom. The van der Waals surface area contributed by atoms with E-state index in [0.717, 1.165) is 24.0 Å². The summed E-state index contributed by atoms with van der Waals surface area (Å²) < 4.78 is 2.29. The molecule has 0 spiro atoms. The van der Waals surface area contributed by atoms with Gasteiger partial charge in [-0.2, -0.15) is 0 Å². The number of hydroxylamine groups is 1. The van der Waals surface area contributed by atoms with Crippen LogP contribution in [0, 0.1) is 0 Å². The molecule has 2 aromatic carbocycles. The number of carbonyl (C=O) groups is 2. The van der Waals surface area contributed by atoms with Crippen LogP contribution in [-0.2, 0) is 24.3 Å². The Balaban J connectivity index is 1.70. The van der Waals surface area contributed by atoms with E-state index in [1.54, 1.807) is 24.7 Å². The lowest BCUT2D eigenvalue weighted by atomic mass is 10.0. The molecule has 2 amide bonds. The van der Waals surface area contributed by atoms with Crippen molar-refractivity contribution in [1.82, 2.24) is 19.8 Å². The first-order valence-electron chi connectivity index (χ1n) is 10.1. The predicted octanol–water partition coefficient (Wildman–Crippen LogP) is 2.93. The molecule has 8 heteroatoms. The molecule has 0 saturated heterocycles. The molecule has 2 N–H and O–H groups in total. The predicted molar refractivity (Wildman–Crippen MR) is 122 cm³/mol. The molecule has 2 heterocycles. The summed E-state index contributed by atoms with van der Waals surface area (Å²) in [5.41, 5.74) is 6.74. The van der Waals surface area contributed by atoms with Crippen LogP contribution in [0.5, 0.6) is 0 Å². The Labute approximate surface area is 185 Å². The van der Waals surface area contributed by atoms with E-state index < -0.39 is 5.91 Å². The van der Waals surface area contributed by atoms with E-state index in [0.29, 0.717) is 23.8 Å². The second kappa shape index (κ2) is 8.49. The zero-order chi connectivity index (χ0) is 22.1. The number of nitrogens with zero attached hydrogens (tertiary/aromatic N) is 3. The fraction of sp³-hybridized carbons (Fsp3) is 0.261. The minimum absolute atomic E-state index is 0.0802. The molecule has 0 atom stereocenters. The monoisotopic (exact) mass is 436 g/mol. The fourth-order valence-electron chi connectivity index (χ4n) is 4.09. The lowest BCUT2D eigenvalue weighted by molar-refractivity contribution is -0.124. The molecule has 1 aromatic heterocycles. The van der Waals surface area contributed by atoms with E-state index >= 15 is 0 Å². The molecule has 0 bridgehead atoms. The molecular formula is C23H24N4O3S. The van der Waals surface area contributed by atoms with Crippen LogP contribution in [0.1, 0.15) is 34.1 Å². The Hall–Kier alpha value is -3.23. The average molecular weight is 437 g/mol. The smallest absolute Gasteiger partial charge is 0.274 e. The van der Waals surface area contributed by atoms with Gasteiger partial charge in [0.2, 0.25) is 5.91 Å². The summed E-state index contributed by atoms with van der Waals surface area (Å²) in [5, 5.41) is 10.6. The zero-order valence-corrected chi connectivity index (χ0v) is 18.3. The quantitative estimate of drug-likeness (QED) is 0.375. The highest BCUT2D eigenvalue weighted by Gasteiger charge is 2.27. The summed E-state index contributed by atoms with van der Waals surface area (Å²) in [6.45, 7) is 3.55. The average Bonchev–Trinajstić information content (AvgIpc) is 3.11. The number of rotatable bonds is 3. The molecule has 160 valence electrons. The Morgan fingerprint density at radius 3 is 2.55 bits per heavy atom. The largest absolute Gasteiger partial charge is 0.343 e. The number of fused-ring (bicyclic) bond motifs is 3. The van der Waals surface area contributed by atoms with E-state index in [4.69, 9.17) is 17.4 Å². The van der Waals surface area contributed by atoms with Gasteiger partial charge in [0.15, 0.2) is 5.11 Å². The minimum atomic E-state index is -0.533. The number of hydrogen-bond donors (Lipinski definition) is 2. The maximum Gasteiger partial charge on any atom is 0.274 e. The van der Waals surface area contributed by atoms with Gasteiger partial charge >= 0.3 is 0 Å². The summed E-state index contributed by atoms with van der Waals surface area (Å²) in [5.74, 6) is -0.613. The van der Waals surface area contributed by atoms with E-state index in [1.165, 1.54) is 28.5 Å². The van der Waals surface area contributed by atoms with Crippen LogP contribution in [-0.4, -0.2) is 50.1 Å². The first-order valence-corrected chi connectivity index (χ1v) is 10.5. The standard InChI is InChI=1S/C23H24N4O3S/c1-15(28)25(2)23(31)26-12-11-19-18-5-3-4-6-20(18)27(21(19)14-26)13-16-7-9-17(10-8-16)22(29)24-30/h3-10,30H,11-14H2,1-2H3,(H,24,29). The number of amides is 2. The van der Waals surface area contributed by atoms with Crippen molar-refractivity contribution in [3.05, 3.63) is 70.9 Å². The number of aromatic nitrogens is 1. The summed E-state index contributed by atoms with van der Waals surface area (Å²) in [6.07, 6.45) is 0.852. The van der Waals surface area contributed by atoms with Crippen molar-refractivity contribution in [1.29, 1.82) is 0 Å². The Morgan fingerprint density at radius 1 is 1.16 bits per heavy atom. The summed E-state index contributed by atoms with van der Waals surface area (Å²) in [6, 6.07) is 15.5. The minimum Gasteiger partial charge on any atom is -0.343 e. The van der Waals surface area contributed by atoms with E-state index in [2.05, 4.69) is 27.7 Å².